The second kappa shape index (κ2) is 7.20. The number of hydrogen-bond donors (Lipinski definition) is 0. The maximum absolute atomic E-state index is 13.5. The molecular formula is C23H21N3O3. The van der Waals surface area contributed by atoms with Crippen LogP contribution in [0.2, 0.25) is 0 Å². The fourth-order valence-corrected chi connectivity index (χ4v) is 3.85. The lowest BCUT2D eigenvalue weighted by Gasteiger charge is -2.27. The monoisotopic (exact) mass is 387 g/mol. The van der Waals surface area contributed by atoms with Gasteiger partial charge < -0.3 is 13.8 Å². The molecule has 1 aliphatic rings. The summed E-state index contributed by atoms with van der Waals surface area (Å²) in [5.74, 6) is 0.578. The van der Waals surface area contributed by atoms with Gasteiger partial charge in [0.1, 0.15) is 11.4 Å². The molecule has 0 bridgehead atoms. The SMILES string of the molecule is Cc1ccc(-c2noc3nc(-c4ccco4)cc(C(=O)N4CCCCC4)c23)cc1. The first-order valence-electron chi connectivity index (χ1n) is 9.91. The minimum atomic E-state index is -0.0125. The molecule has 1 aliphatic heterocycles. The topological polar surface area (TPSA) is 72.4 Å². The molecule has 6 nitrogen and oxygen atoms in total. The van der Waals surface area contributed by atoms with Gasteiger partial charge >= 0.3 is 0 Å². The van der Waals surface area contributed by atoms with Gasteiger partial charge in [0.25, 0.3) is 11.6 Å². The van der Waals surface area contributed by atoms with E-state index in [9.17, 15) is 4.79 Å². The Kier molecular flexibility index (Phi) is 4.39. The number of benzene rings is 1. The van der Waals surface area contributed by atoms with Crippen LogP contribution >= 0.6 is 0 Å². The highest BCUT2D eigenvalue weighted by Crippen LogP contribution is 2.34. The molecular weight excluding hydrogens is 366 g/mol. The summed E-state index contributed by atoms with van der Waals surface area (Å²) in [5, 5.41) is 4.92. The highest BCUT2D eigenvalue weighted by atomic mass is 16.5. The number of nitrogens with zero attached hydrogens (tertiary/aromatic N) is 3. The zero-order valence-corrected chi connectivity index (χ0v) is 16.2. The Hall–Kier alpha value is -3.41. The van der Waals surface area contributed by atoms with E-state index in [-0.39, 0.29) is 5.91 Å². The number of carbonyl (C=O) groups excluding carboxylic acids is 1. The summed E-state index contributed by atoms with van der Waals surface area (Å²) < 4.78 is 11.1. The fraction of sp³-hybridized carbons (Fsp3) is 0.261. The first-order chi connectivity index (χ1) is 14.2. The summed E-state index contributed by atoms with van der Waals surface area (Å²) >= 11 is 0. The van der Waals surface area contributed by atoms with Crippen molar-refractivity contribution in [1.82, 2.24) is 15.0 Å². The van der Waals surface area contributed by atoms with Gasteiger partial charge in [-0.3, -0.25) is 4.79 Å². The average molecular weight is 387 g/mol. The van der Waals surface area contributed by atoms with E-state index in [0.717, 1.165) is 43.5 Å². The molecule has 0 atom stereocenters. The molecule has 3 aromatic heterocycles. The Morgan fingerprint density at radius 1 is 1.07 bits per heavy atom. The third-order valence-electron chi connectivity index (χ3n) is 5.42. The van der Waals surface area contributed by atoms with Gasteiger partial charge in [-0.05, 0) is 44.4 Å². The van der Waals surface area contributed by atoms with Crippen LogP contribution < -0.4 is 0 Å². The molecule has 6 heteroatoms. The summed E-state index contributed by atoms with van der Waals surface area (Å²) in [5.41, 5.74) is 4.15. The maximum atomic E-state index is 13.5. The van der Waals surface area contributed by atoms with Crippen molar-refractivity contribution in [1.29, 1.82) is 0 Å². The van der Waals surface area contributed by atoms with Crippen LogP contribution in [0.3, 0.4) is 0 Å². The van der Waals surface area contributed by atoms with Gasteiger partial charge in [0.15, 0.2) is 5.76 Å². The quantitative estimate of drug-likeness (QED) is 0.490. The molecule has 0 aliphatic carbocycles. The molecule has 0 unspecified atom stereocenters. The Morgan fingerprint density at radius 3 is 2.59 bits per heavy atom. The summed E-state index contributed by atoms with van der Waals surface area (Å²) in [4.78, 5) is 20.0. The van der Waals surface area contributed by atoms with E-state index in [1.807, 2.05) is 42.2 Å². The smallest absolute Gasteiger partial charge is 0.259 e. The molecule has 1 aromatic carbocycles. The number of pyridine rings is 1. The summed E-state index contributed by atoms with van der Waals surface area (Å²) in [6.07, 6.45) is 4.81. The molecule has 1 fully saturated rings. The van der Waals surface area contributed by atoms with Gasteiger partial charge in [0.05, 0.1) is 17.2 Å². The minimum absolute atomic E-state index is 0.0125. The van der Waals surface area contributed by atoms with Crippen LogP contribution in [0.15, 0.2) is 57.7 Å². The largest absolute Gasteiger partial charge is 0.463 e. The number of aryl methyl sites for hydroxylation is 1. The van der Waals surface area contributed by atoms with Crippen LogP contribution in [-0.4, -0.2) is 34.0 Å². The van der Waals surface area contributed by atoms with Crippen LogP contribution in [0.25, 0.3) is 33.8 Å². The number of rotatable bonds is 3. The second-order valence-corrected chi connectivity index (χ2v) is 7.46. The van der Waals surface area contributed by atoms with E-state index in [0.29, 0.717) is 33.8 Å². The minimum Gasteiger partial charge on any atom is -0.463 e. The highest BCUT2D eigenvalue weighted by molar-refractivity contribution is 6.10. The Bertz CT molecular complexity index is 1150. The summed E-state index contributed by atoms with van der Waals surface area (Å²) in [6.45, 7) is 3.57. The van der Waals surface area contributed by atoms with Gasteiger partial charge in [-0.2, -0.15) is 0 Å². The van der Waals surface area contributed by atoms with Gasteiger partial charge in [-0.1, -0.05) is 35.0 Å². The Balaban J connectivity index is 1.70. The van der Waals surface area contributed by atoms with Gasteiger partial charge in [0, 0.05) is 18.7 Å². The van der Waals surface area contributed by atoms with Crippen molar-refractivity contribution in [3.05, 3.63) is 59.9 Å². The molecule has 5 rings (SSSR count). The van der Waals surface area contributed by atoms with Crippen LogP contribution in [0, 0.1) is 6.92 Å². The van der Waals surface area contributed by atoms with E-state index in [1.165, 1.54) is 0 Å². The molecule has 146 valence electrons. The van der Waals surface area contributed by atoms with Gasteiger partial charge in [0.2, 0.25) is 0 Å². The Labute approximate surface area is 168 Å². The summed E-state index contributed by atoms with van der Waals surface area (Å²) in [7, 11) is 0. The van der Waals surface area contributed by atoms with E-state index < -0.39 is 0 Å². The predicted molar refractivity (Wildman–Crippen MR) is 109 cm³/mol. The molecule has 0 radical (unpaired) electrons. The van der Waals surface area contributed by atoms with Crippen LogP contribution in [0.4, 0.5) is 0 Å². The van der Waals surface area contributed by atoms with Crippen molar-refractivity contribution in [2.75, 3.05) is 13.1 Å². The first kappa shape index (κ1) is 17.7. The number of piperidine rings is 1. The van der Waals surface area contributed by atoms with Crippen molar-refractivity contribution in [3.8, 4) is 22.7 Å². The molecule has 0 saturated carbocycles. The second-order valence-electron chi connectivity index (χ2n) is 7.46. The van der Waals surface area contributed by atoms with Crippen molar-refractivity contribution in [3.63, 3.8) is 0 Å². The van der Waals surface area contributed by atoms with Gasteiger partial charge in [-0.25, -0.2) is 4.98 Å². The molecule has 1 saturated heterocycles. The normalized spacial score (nSPS) is 14.4. The number of hydrogen-bond acceptors (Lipinski definition) is 5. The maximum Gasteiger partial charge on any atom is 0.259 e. The number of likely N-dealkylation sites (tertiary alicyclic amines) is 1. The van der Waals surface area contributed by atoms with Crippen molar-refractivity contribution >= 4 is 17.0 Å². The Morgan fingerprint density at radius 2 is 1.86 bits per heavy atom. The number of aromatic nitrogens is 2. The number of furan rings is 1. The van der Waals surface area contributed by atoms with Crippen LogP contribution in [0.5, 0.6) is 0 Å². The van der Waals surface area contributed by atoms with Gasteiger partial charge in [-0.15, -0.1) is 0 Å². The lowest BCUT2D eigenvalue weighted by atomic mass is 10.0. The first-order valence-corrected chi connectivity index (χ1v) is 9.91. The molecule has 4 aromatic rings. The van der Waals surface area contributed by atoms with Crippen molar-refractivity contribution in [2.45, 2.75) is 26.2 Å². The number of fused-ring (bicyclic) bond motifs is 1. The number of amides is 1. The lowest BCUT2D eigenvalue weighted by Crippen LogP contribution is -2.35. The third kappa shape index (κ3) is 3.20. The standard InChI is InChI=1S/C23H21N3O3/c1-15-7-9-16(10-8-15)21-20-17(23(27)26-11-3-2-4-12-26)14-18(19-6-5-13-28-19)24-22(20)29-25-21/h5-10,13-14H,2-4,11-12H2,1H3. The molecule has 0 spiro atoms. The van der Waals surface area contributed by atoms with E-state index in [4.69, 9.17) is 8.94 Å². The molecule has 1 amide bonds. The lowest BCUT2D eigenvalue weighted by molar-refractivity contribution is 0.0726. The van der Waals surface area contributed by atoms with Crippen molar-refractivity contribution in [2.24, 2.45) is 0 Å². The van der Waals surface area contributed by atoms with Crippen molar-refractivity contribution < 1.29 is 13.7 Å². The highest BCUT2D eigenvalue weighted by Gasteiger charge is 2.26. The van der Waals surface area contributed by atoms with E-state index in [2.05, 4.69) is 10.1 Å². The van der Waals surface area contributed by atoms with Crippen LogP contribution in [0.1, 0.15) is 35.2 Å². The zero-order valence-electron chi connectivity index (χ0n) is 16.2. The summed E-state index contributed by atoms with van der Waals surface area (Å²) in [6, 6.07) is 13.4. The van der Waals surface area contributed by atoms with Crippen LogP contribution in [-0.2, 0) is 0 Å². The molecule has 0 N–H and O–H groups in total. The predicted octanol–water partition coefficient (Wildman–Crippen LogP) is 5.08. The molecule has 4 heterocycles. The average Bonchev–Trinajstić information content (AvgIpc) is 3.44. The van der Waals surface area contributed by atoms with E-state index in [1.54, 1.807) is 18.4 Å². The third-order valence-corrected chi connectivity index (χ3v) is 5.42. The number of carbonyl (C=O) groups is 1. The fourth-order valence-electron chi connectivity index (χ4n) is 3.85. The molecule has 29 heavy (non-hydrogen) atoms. The zero-order chi connectivity index (χ0) is 19.8. The van der Waals surface area contributed by atoms with E-state index >= 15 is 0 Å².